The average molecular weight is 396 g/mol. The van der Waals surface area contributed by atoms with E-state index in [2.05, 4.69) is 31.3 Å². The Balaban J connectivity index is 1.47. The number of carbonyl (C=O) groups is 2. The third-order valence-corrected chi connectivity index (χ3v) is 5.12. The van der Waals surface area contributed by atoms with Crippen LogP contribution < -0.4 is 20.7 Å². The molecule has 2 amide bonds. The summed E-state index contributed by atoms with van der Waals surface area (Å²) in [6.07, 6.45) is 1.45. The Morgan fingerprint density at radius 1 is 1.17 bits per heavy atom. The molecular formula is C23H29N3O3. The molecule has 1 atom stereocenters. The van der Waals surface area contributed by atoms with Crippen molar-refractivity contribution in [2.24, 2.45) is 5.73 Å². The lowest BCUT2D eigenvalue weighted by Gasteiger charge is -2.17. The van der Waals surface area contributed by atoms with Crippen molar-refractivity contribution in [2.45, 2.75) is 38.6 Å². The third kappa shape index (κ3) is 5.57. The van der Waals surface area contributed by atoms with Gasteiger partial charge < -0.3 is 20.7 Å². The van der Waals surface area contributed by atoms with Crippen molar-refractivity contribution < 1.29 is 14.3 Å². The number of benzene rings is 2. The SMILES string of the molecule is CC(C)c1ccc(C(N)CNC(=O)COc2cccc(N3CCCC3=O)c2)cc1. The van der Waals surface area contributed by atoms with E-state index in [4.69, 9.17) is 10.5 Å². The molecule has 2 aromatic rings. The van der Waals surface area contributed by atoms with E-state index in [0.29, 0.717) is 24.6 Å². The van der Waals surface area contributed by atoms with Gasteiger partial charge in [-0.25, -0.2) is 0 Å². The van der Waals surface area contributed by atoms with Gasteiger partial charge in [0.15, 0.2) is 6.61 Å². The summed E-state index contributed by atoms with van der Waals surface area (Å²) in [5, 5.41) is 2.81. The first-order valence-electron chi connectivity index (χ1n) is 10.1. The third-order valence-electron chi connectivity index (χ3n) is 5.12. The molecule has 1 unspecified atom stereocenters. The molecule has 1 saturated heterocycles. The van der Waals surface area contributed by atoms with E-state index in [-0.39, 0.29) is 24.5 Å². The van der Waals surface area contributed by atoms with Crippen LogP contribution in [0.5, 0.6) is 5.75 Å². The Kier molecular flexibility index (Phi) is 6.88. The number of nitrogens with two attached hydrogens (primary N) is 1. The molecule has 0 aromatic heterocycles. The van der Waals surface area contributed by atoms with Crippen LogP contribution in [0.25, 0.3) is 0 Å². The van der Waals surface area contributed by atoms with E-state index in [0.717, 1.165) is 24.2 Å². The minimum atomic E-state index is -0.273. The van der Waals surface area contributed by atoms with Crippen LogP contribution in [0.2, 0.25) is 0 Å². The summed E-state index contributed by atoms with van der Waals surface area (Å²) >= 11 is 0. The molecule has 0 bridgehead atoms. The zero-order valence-electron chi connectivity index (χ0n) is 17.1. The summed E-state index contributed by atoms with van der Waals surface area (Å²) in [7, 11) is 0. The van der Waals surface area contributed by atoms with Crippen molar-refractivity contribution in [3.8, 4) is 5.75 Å². The van der Waals surface area contributed by atoms with Crippen molar-refractivity contribution in [3.05, 3.63) is 59.7 Å². The predicted octanol–water partition coefficient (Wildman–Crippen LogP) is 3.13. The summed E-state index contributed by atoms with van der Waals surface area (Å²) in [4.78, 5) is 25.8. The molecule has 0 radical (unpaired) electrons. The second-order valence-electron chi connectivity index (χ2n) is 7.67. The number of ether oxygens (including phenoxy) is 1. The van der Waals surface area contributed by atoms with Gasteiger partial charge in [0.25, 0.3) is 5.91 Å². The van der Waals surface area contributed by atoms with Gasteiger partial charge in [-0.3, -0.25) is 9.59 Å². The molecular weight excluding hydrogens is 366 g/mol. The van der Waals surface area contributed by atoms with Crippen molar-refractivity contribution >= 4 is 17.5 Å². The van der Waals surface area contributed by atoms with Gasteiger partial charge in [0.1, 0.15) is 5.75 Å². The molecule has 1 aliphatic rings. The zero-order valence-corrected chi connectivity index (χ0v) is 17.1. The molecule has 154 valence electrons. The van der Waals surface area contributed by atoms with Crippen LogP contribution in [0, 0.1) is 0 Å². The van der Waals surface area contributed by atoms with E-state index in [1.807, 2.05) is 24.3 Å². The van der Waals surface area contributed by atoms with Gasteiger partial charge in [-0.1, -0.05) is 44.2 Å². The van der Waals surface area contributed by atoms with Crippen LogP contribution in [0.15, 0.2) is 48.5 Å². The Hall–Kier alpha value is -2.86. The van der Waals surface area contributed by atoms with Crippen molar-refractivity contribution in [3.63, 3.8) is 0 Å². The Morgan fingerprint density at radius 2 is 1.90 bits per heavy atom. The smallest absolute Gasteiger partial charge is 0.258 e. The number of rotatable bonds is 8. The van der Waals surface area contributed by atoms with Crippen LogP contribution >= 0.6 is 0 Å². The first-order valence-corrected chi connectivity index (χ1v) is 10.1. The summed E-state index contributed by atoms with van der Waals surface area (Å²) in [6, 6.07) is 15.2. The maximum Gasteiger partial charge on any atom is 0.258 e. The molecule has 0 spiro atoms. The Labute approximate surface area is 172 Å². The first-order chi connectivity index (χ1) is 13.9. The van der Waals surface area contributed by atoms with Gasteiger partial charge >= 0.3 is 0 Å². The molecule has 3 rings (SSSR count). The van der Waals surface area contributed by atoms with Gasteiger partial charge in [0.2, 0.25) is 5.91 Å². The van der Waals surface area contributed by atoms with E-state index in [9.17, 15) is 9.59 Å². The highest BCUT2D eigenvalue weighted by molar-refractivity contribution is 5.95. The molecule has 2 aromatic carbocycles. The van der Waals surface area contributed by atoms with E-state index in [1.54, 1.807) is 17.0 Å². The van der Waals surface area contributed by atoms with Gasteiger partial charge in [-0.15, -0.1) is 0 Å². The molecule has 1 heterocycles. The highest BCUT2D eigenvalue weighted by atomic mass is 16.5. The second-order valence-corrected chi connectivity index (χ2v) is 7.67. The summed E-state index contributed by atoms with van der Waals surface area (Å²) in [5.41, 5.74) is 9.23. The molecule has 6 heteroatoms. The molecule has 0 aliphatic carbocycles. The lowest BCUT2D eigenvalue weighted by molar-refractivity contribution is -0.123. The minimum absolute atomic E-state index is 0.101. The van der Waals surface area contributed by atoms with Crippen molar-refractivity contribution in [2.75, 3.05) is 24.6 Å². The second kappa shape index (κ2) is 9.56. The molecule has 1 aliphatic heterocycles. The predicted molar refractivity (Wildman–Crippen MR) is 114 cm³/mol. The number of nitrogens with one attached hydrogen (secondary N) is 1. The topological polar surface area (TPSA) is 84.7 Å². The number of nitrogens with zero attached hydrogens (tertiary/aromatic N) is 1. The summed E-state index contributed by atoms with van der Waals surface area (Å²) in [5.74, 6) is 0.919. The molecule has 1 fully saturated rings. The van der Waals surface area contributed by atoms with Gasteiger partial charge in [-0.2, -0.15) is 0 Å². The molecule has 0 saturated carbocycles. The molecule has 6 nitrogen and oxygen atoms in total. The van der Waals surface area contributed by atoms with Crippen LogP contribution in [-0.2, 0) is 9.59 Å². The lowest BCUT2D eigenvalue weighted by Crippen LogP contribution is -2.35. The van der Waals surface area contributed by atoms with Crippen LogP contribution in [0.1, 0.15) is 49.8 Å². The van der Waals surface area contributed by atoms with Gasteiger partial charge in [0, 0.05) is 37.3 Å². The number of hydrogen-bond acceptors (Lipinski definition) is 4. The minimum Gasteiger partial charge on any atom is -0.484 e. The molecule has 29 heavy (non-hydrogen) atoms. The number of carbonyl (C=O) groups excluding carboxylic acids is 2. The normalized spacial score (nSPS) is 14.9. The Morgan fingerprint density at radius 3 is 2.55 bits per heavy atom. The quantitative estimate of drug-likeness (QED) is 0.719. The van der Waals surface area contributed by atoms with Crippen LogP contribution in [0.3, 0.4) is 0 Å². The first kappa shape index (κ1) is 20.9. The number of anilines is 1. The maximum atomic E-state index is 12.1. The fourth-order valence-electron chi connectivity index (χ4n) is 3.33. The Bertz CT molecular complexity index is 849. The molecule has 3 N–H and O–H groups in total. The highest BCUT2D eigenvalue weighted by Crippen LogP contribution is 2.25. The van der Waals surface area contributed by atoms with Crippen molar-refractivity contribution in [1.29, 1.82) is 0 Å². The van der Waals surface area contributed by atoms with Crippen LogP contribution in [0.4, 0.5) is 5.69 Å². The van der Waals surface area contributed by atoms with Crippen molar-refractivity contribution in [1.82, 2.24) is 5.32 Å². The average Bonchev–Trinajstić information content (AvgIpc) is 3.16. The fraction of sp³-hybridized carbons (Fsp3) is 0.391. The van der Waals surface area contributed by atoms with E-state index in [1.165, 1.54) is 5.56 Å². The largest absolute Gasteiger partial charge is 0.484 e. The van der Waals surface area contributed by atoms with E-state index < -0.39 is 0 Å². The monoisotopic (exact) mass is 395 g/mol. The van der Waals surface area contributed by atoms with Gasteiger partial charge in [-0.05, 0) is 35.6 Å². The number of hydrogen-bond donors (Lipinski definition) is 2. The van der Waals surface area contributed by atoms with Gasteiger partial charge in [0.05, 0.1) is 0 Å². The lowest BCUT2D eigenvalue weighted by atomic mass is 9.99. The van der Waals surface area contributed by atoms with E-state index >= 15 is 0 Å². The maximum absolute atomic E-state index is 12.1. The zero-order chi connectivity index (χ0) is 20.8. The summed E-state index contributed by atoms with van der Waals surface area (Å²) < 4.78 is 5.59. The van der Waals surface area contributed by atoms with Crippen LogP contribution in [-0.4, -0.2) is 31.5 Å². The standard InChI is InChI=1S/C23H29N3O3/c1-16(2)17-8-10-18(11-9-17)21(24)14-25-22(27)15-29-20-6-3-5-19(13-20)26-12-4-7-23(26)28/h3,5-6,8-11,13,16,21H,4,7,12,14-15,24H2,1-2H3,(H,25,27). The highest BCUT2D eigenvalue weighted by Gasteiger charge is 2.21. The summed E-state index contributed by atoms with van der Waals surface area (Å²) in [6.45, 7) is 5.25. The fourth-order valence-corrected chi connectivity index (χ4v) is 3.33. The number of amides is 2.